The zero-order chi connectivity index (χ0) is 17.8. The number of carbonyl (C=O) groups is 1. The molecule has 1 aromatic heterocycles. The lowest BCUT2D eigenvalue weighted by molar-refractivity contribution is -0.138. The first kappa shape index (κ1) is 17.9. The predicted octanol–water partition coefficient (Wildman–Crippen LogP) is 3.19. The van der Waals surface area contributed by atoms with Crippen LogP contribution in [-0.4, -0.2) is 47.7 Å². The van der Waals surface area contributed by atoms with Gasteiger partial charge in [0.25, 0.3) is 0 Å². The van der Waals surface area contributed by atoms with Crippen molar-refractivity contribution in [3.8, 4) is 0 Å². The van der Waals surface area contributed by atoms with E-state index >= 15 is 0 Å². The molecule has 5 heteroatoms. The van der Waals surface area contributed by atoms with Gasteiger partial charge in [0.1, 0.15) is 0 Å². The molecule has 142 valence electrons. The van der Waals surface area contributed by atoms with E-state index in [2.05, 4.69) is 9.88 Å². The molecule has 3 aliphatic rings. The van der Waals surface area contributed by atoms with Gasteiger partial charge in [0.2, 0.25) is 5.91 Å². The van der Waals surface area contributed by atoms with E-state index in [1.54, 1.807) is 12.4 Å². The first-order chi connectivity index (χ1) is 12.8. The SMILES string of the molecule is O=C(CC1CC1)N1CCC2(CC1)OCCC2CCOCc1ccncc1. The number of aromatic nitrogens is 1. The quantitative estimate of drug-likeness (QED) is 0.703. The first-order valence-corrected chi connectivity index (χ1v) is 10.1. The Kier molecular flexibility index (Phi) is 5.55. The Morgan fingerprint density at radius 2 is 2.00 bits per heavy atom. The van der Waals surface area contributed by atoms with Gasteiger partial charge >= 0.3 is 0 Å². The molecule has 0 bridgehead atoms. The van der Waals surface area contributed by atoms with Crippen LogP contribution in [0.15, 0.2) is 24.5 Å². The Labute approximate surface area is 156 Å². The molecular formula is C21H30N2O3. The number of hydrogen-bond acceptors (Lipinski definition) is 4. The van der Waals surface area contributed by atoms with Crippen molar-refractivity contribution in [1.29, 1.82) is 0 Å². The van der Waals surface area contributed by atoms with Crippen LogP contribution in [-0.2, 0) is 20.9 Å². The molecule has 0 aromatic carbocycles. The van der Waals surface area contributed by atoms with Crippen LogP contribution in [0.25, 0.3) is 0 Å². The van der Waals surface area contributed by atoms with Gasteiger partial charge in [-0.05, 0) is 68.1 Å². The molecule has 5 nitrogen and oxygen atoms in total. The van der Waals surface area contributed by atoms with Crippen molar-refractivity contribution in [3.63, 3.8) is 0 Å². The molecule has 2 aliphatic heterocycles. The first-order valence-electron chi connectivity index (χ1n) is 10.1. The molecule has 1 aromatic rings. The van der Waals surface area contributed by atoms with E-state index in [4.69, 9.17) is 9.47 Å². The van der Waals surface area contributed by atoms with E-state index in [-0.39, 0.29) is 5.60 Å². The summed E-state index contributed by atoms with van der Waals surface area (Å²) in [5.41, 5.74) is 1.15. The fourth-order valence-corrected chi connectivity index (χ4v) is 4.47. The van der Waals surface area contributed by atoms with E-state index in [9.17, 15) is 4.79 Å². The molecule has 0 N–H and O–H groups in total. The van der Waals surface area contributed by atoms with Crippen LogP contribution < -0.4 is 0 Å². The minimum atomic E-state index is -0.0175. The second-order valence-corrected chi connectivity index (χ2v) is 8.12. The van der Waals surface area contributed by atoms with E-state index in [1.165, 1.54) is 18.4 Å². The normalized spacial score (nSPS) is 24.9. The molecule has 26 heavy (non-hydrogen) atoms. The van der Waals surface area contributed by atoms with Crippen molar-refractivity contribution in [3.05, 3.63) is 30.1 Å². The van der Waals surface area contributed by atoms with Gasteiger partial charge in [-0.15, -0.1) is 0 Å². The lowest BCUT2D eigenvalue weighted by Gasteiger charge is -2.42. The summed E-state index contributed by atoms with van der Waals surface area (Å²) in [6.07, 6.45) is 11.0. The van der Waals surface area contributed by atoms with Crippen LogP contribution >= 0.6 is 0 Å². The lowest BCUT2D eigenvalue weighted by Crippen LogP contribution is -2.49. The Hall–Kier alpha value is -1.46. The fourth-order valence-electron chi connectivity index (χ4n) is 4.47. The van der Waals surface area contributed by atoms with Gasteiger partial charge in [0.05, 0.1) is 12.2 Å². The maximum absolute atomic E-state index is 12.3. The maximum atomic E-state index is 12.3. The van der Waals surface area contributed by atoms with E-state index in [0.717, 1.165) is 58.4 Å². The molecule has 1 amide bonds. The number of amides is 1. The fraction of sp³-hybridized carbons (Fsp3) is 0.714. The Balaban J connectivity index is 1.22. The van der Waals surface area contributed by atoms with Crippen molar-refractivity contribution < 1.29 is 14.3 Å². The summed E-state index contributed by atoms with van der Waals surface area (Å²) >= 11 is 0. The summed E-state index contributed by atoms with van der Waals surface area (Å²) in [6, 6.07) is 3.99. The molecule has 2 saturated heterocycles. The maximum Gasteiger partial charge on any atom is 0.222 e. The zero-order valence-corrected chi connectivity index (χ0v) is 15.6. The van der Waals surface area contributed by atoms with Crippen LogP contribution in [0.2, 0.25) is 0 Å². The van der Waals surface area contributed by atoms with Crippen molar-refractivity contribution in [2.45, 2.75) is 57.2 Å². The van der Waals surface area contributed by atoms with Gasteiger partial charge < -0.3 is 14.4 Å². The molecule has 1 aliphatic carbocycles. The number of rotatable bonds is 7. The molecule has 4 rings (SSSR count). The molecule has 3 heterocycles. The van der Waals surface area contributed by atoms with Crippen LogP contribution in [0.1, 0.15) is 50.5 Å². The number of nitrogens with zero attached hydrogens (tertiary/aromatic N) is 2. The third-order valence-corrected chi connectivity index (χ3v) is 6.35. The average molecular weight is 358 g/mol. The van der Waals surface area contributed by atoms with Gasteiger partial charge in [0, 0.05) is 45.1 Å². The van der Waals surface area contributed by atoms with Gasteiger partial charge in [-0.2, -0.15) is 0 Å². The monoisotopic (exact) mass is 358 g/mol. The molecule has 1 atom stereocenters. The highest BCUT2D eigenvalue weighted by atomic mass is 16.5. The van der Waals surface area contributed by atoms with Crippen molar-refractivity contribution in [2.24, 2.45) is 11.8 Å². The van der Waals surface area contributed by atoms with E-state index < -0.39 is 0 Å². The number of likely N-dealkylation sites (tertiary alicyclic amines) is 1. The number of carbonyl (C=O) groups excluding carboxylic acids is 1. The van der Waals surface area contributed by atoms with Crippen LogP contribution in [0.4, 0.5) is 0 Å². The highest BCUT2D eigenvalue weighted by Gasteiger charge is 2.46. The van der Waals surface area contributed by atoms with Crippen molar-refractivity contribution >= 4 is 5.91 Å². The van der Waals surface area contributed by atoms with E-state index in [0.29, 0.717) is 24.3 Å². The second kappa shape index (κ2) is 8.05. The number of pyridine rings is 1. The van der Waals surface area contributed by atoms with Gasteiger partial charge in [-0.3, -0.25) is 9.78 Å². The van der Waals surface area contributed by atoms with Gasteiger partial charge in [0.15, 0.2) is 0 Å². The predicted molar refractivity (Wildman–Crippen MR) is 98.5 cm³/mol. The highest BCUT2D eigenvalue weighted by Crippen LogP contribution is 2.43. The molecular weight excluding hydrogens is 328 g/mol. The summed E-state index contributed by atoms with van der Waals surface area (Å²) in [4.78, 5) is 18.4. The lowest BCUT2D eigenvalue weighted by atomic mass is 9.78. The molecule has 1 unspecified atom stereocenters. The van der Waals surface area contributed by atoms with Crippen LogP contribution in [0.3, 0.4) is 0 Å². The summed E-state index contributed by atoms with van der Waals surface area (Å²) in [7, 11) is 0. The Morgan fingerprint density at radius 1 is 1.23 bits per heavy atom. The summed E-state index contributed by atoms with van der Waals surface area (Å²) in [5, 5.41) is 0. The van der Waals surface area contributed by atoms with Crippen LogP contribution in [0, 0.1) is 11.8 Å². The second-order valence-electron chi connectivity index (χ2n) is 8.12. The molecule has 3 fully saturated rings. The average Bonchev–Trinajstić information content (AvgIpc) is 3.41. The largest absolute Gasteiger partial charge is 0.377 e. The van der Waals surface area contributed by atoms with Gasteiger partial charge in [-0.25, -0.2) is 0 Å². The highest BCUT2D eigenvalue weighted by molar-refractivity contribution is 5.76. The topological polar surface area (TPSA) is 51.7 Å². The third kappa shape index (κ3) is 4.26. The minimum absolute atomic E-state index is 0.0175. The van der Waals surface area contributed by atoms with Crippen LogP contribution in [0.5, 0.6) is 0 Å². The number of ether oxygens (including phenoxy) is 2. The van der Waals surface area contributed by atoms with Crippen molar-refractivity contribution in [2.75, 3.05) is 26.3 Å². The van der Waals surface area contributed by atoms with Gasteiger partial charge in [-0.1, -0.05) is 0 Å². The molecule has 1 spiro atoms. The summed E-state index contributed by atoms with van der Waals surface area (Å²) < 4.78 is 12.1. The Morgan fingerprint density at radius 3 is 2.73 bits per heavy atom. The minimum Gasteiger partial charge on any atom is -0.377 e. The summed E-state index contributed by atoms with van der Waals surface area (Å²) in [6.45, 7) is 3.99. The van der Waals surface area contributed by atoms with Crippen molar-refractivity contribution in [1.82, 2.24) is 9.88 Å². The smallest absolute Gasteiger partial charge is 0.222 e. The summed E-state index contributed by atoms with van der Waals surface area (Å²) in [5.74, 6) is 1.59. The number of hydrogen-bond donors (Lipinski definition) is 0. The Bertz CT molecular complexity index is 595. The molecule has 1 saturated carbocycles. The number of piperidine rings is 1. The standard InChI is InChI=1S/C21H30N2O3/c24-20(15-17-1-2-17)23-11-7-21(8-12-23)19(6-14-26-21)5-13-25-16-18-3-9-22-10-4-18/h3-4,9-10,17,19H,1-2,5-8,11-16H2. The third-order valence-electron chi connectivity index (χ3n) is 6.35. The molecule has 0 radical (unpaired) electrons. The van der Waals surface area contributed by atoms with E-state index in [1.807, 2.05) is 12.1 Å². The zero-order valence-electron chi connectivity index (χ0n) is 15.6.